The van der Waals surface area contributed by atoms with Crippen molar-refractivity contribution in [3.8, 4) is 0 Å². The zero-order valence-electron chi connectivity index (χ0n) is 9.94. The fourth-order valence-electron chi connectivity index (χ4n) is 0.937. The van der Waals surface area contributed by atoms with Gasteiger partial charge in [-0.2, -0.15) is 11.8 Å². The van der Waals surface area contributed by atoms with E-state index >= 15 is 0 Å². The first-order valence-corrected chi connectivity index (χ1v) is 6.35. The van der Waals surface area contributed by atoms with Crippen LogP contribution in [0.4, 0.5) is 0 Å². The Balaban J connectivity index is 3.17. The van der Waals surface area contributed by atoms with E-state index in [1.807, 2.05) is 0 Å². The molecule has 0 bridgehead atoms. The van der Waals surface area contributed by atoms with Gasteiger partial charge in [0.1, 0.15) is 6.04 Å². The fraction of sp³-hybridized carbons (Fsp3) is 0.900. The first kappa shape index (κ1) is 15.7. The van der Waals surface area contributed by atoms with Crippen molar-refractivity contribution in [2.75, 3.05) is 45.5 Å². The van der Waals surface area contributed by atoms with E-state index in [2.05, 4.69) is 4.74 Å². The number of carbonyl (C=O) groups is 1. The number of hydrogen-bond donors (Lipinski definition) is 1. The molecule has 0 fully saturated rings. The molecule has 0 spiro atoms. The fourth-order valence-corrected chi connectivity index (χ4v) is 1.82. The number of thioether (sulfide) groups is 1. The lowest BCUT2D eigenvalue weighted by Gasteiger charge is -2.08. The van der Waals surface area contributed by atoms with Crippen LogP contribution in [0.5, 0.6) is 0 Å². The van der Waals surface area contributed by atoms with Crippen molar-refractivity contribution in [1.29, 1.82) is 0 Å². The third-order valence-electron chi connectivity index (χ3n) is 1.81. The first-order valence-electron chi connectivity index (χ1n) is 5.20. The van der Waals surface area contributed by atoms with Gasteiger partial charge in [0.2, 0.25) is 0 Å². The van der Waals surface area contributed by atoms with Gasteiger partial charge in [-0.3, -0.25) is 4.79 Å². The Hall–Kier alpha value is -0.300. The molecule has 96 valence electrons. The van der Waals surface area contributed by atoms with Crippen LogP contribution < -0.4 is 5.73 Å². The Labute approximate surface area is 101 Å². The van der Waals surface area contributed by atoms with Crippen LogP contribution >= 0.6 is 11.8 Å². The second-order valence-electron chi connectivity index (χ2n) is 3.16. The number of hydrogen-bond acceptors (Lipinski definition) is 6. The van der Waals surface area contributed by atoms with E-state index in [1.165, 1.54) is 7.11 Å². The second-order valence-corrected chi connectivity index (χ2v) is 4.31. The van der Waals surface area contributed by atoms with Crippen LogP contribution in [0.15, 0.2) is 0 Å². The van der Waals surface area contributed by atoms with Crippen LogP contribution in [0.1, 0.15) is 6.42 Å². The average Bonchev–Trinajstić information content (AvgIpc) is 2.31. The summed E-state index contributed by atoms with van der Waals surface area (Å²) < 4.78 is 14.6. The average molecular weight is 251 g/mol. The highest BCUT2D eigenvalue weighted by Crippen LogP contribution is 2.04. The summed E-state index contributed by atoms with van der Waals surface area (Å²) in [6, 6.07) is -0.524. The van der Waals surface area contributed by atoms with Crippen molar-refractivity contribution in [2.45, 2.75) is 12.5 Å². The van der Waals surface area contributed by atoms with Gasteiger partial charge in [0.15, 0.2) is 0 Å². The molecule has 0 aromatic rings. The number of methoxy groups -OCH3 is 2. The molecule has 0 aliphatic carbocycles. The van der Waals surface area contributed by atoms with E-state index < -0.39 is 6.04 Å². The summed E-state index contributed by atoms with van der Waals surface area (Å²) in [6.07, 6.45) is 0.947. The lowest BCUT2D eigenvalue weighted by atomic mass is 10.4. The van der Waals surface area contributed by atoms with Gasteiger partial charge in [0, 0.05) is 19.5 Å². The van der Waals surface area contributed by atoms with Crippen LogP contribution in [0.3, 0.4) is 0 Å². The van der Waals surface area contributed by atoms with Gasteiger partial charge in [-0.1, -0.05) is 0 Å². The molecule has 1 atom stereocenters. The lowest BCUT2D eigenvalue weighted by molar-refractivity contribution is -0.141. The number of carbonyl (C=O) groups excluding carboxylic acids is 1. The highest BCUT2D eigenvalue weighted by atomic mass is 32.2. The van der Waals surface area contributed by atoms with E-state index in [0.29, 0.717) is 25.6 Å². The molecular formula is C10H21NO4S. The predicted molar refractivity (Wildman–Crippen MR) is 64.6 cm³/mol. The van der Waals surface area contributed by atoms with Crippen molar-refractivity contribution in [1.82, 2.24) is 0 Å². The molecule has 1 unspecified atom stereocenters. The number of esters is 1. The maximum atomic E-state index is 11.0. The Kier molecular flexibility index (Phi) is 11.0. The third kappa shape index (κ3) is 8.96. The zero-order chi connectivity index (χ0) is 12.2. The van der Waals surface area contributed by atoms with Crippen LogP contribution in [0, 0.1) is 0 Å². The quantitative estimate of drug-likeness (QED) is 0.444. The summed E-state index contributed by atoms with van der Waals surface area (Å²) in [4.78, 5) is 11.0. The van der Waals surface area contributed by atoms with Crippen molar-refractivity contribution >= 4 is 17.7 Å². The Bertz CT molecular complexity index is 180. The molecule has 0 saturated heterocycles. The van der Waals surface area contributed by atoms with Gasteiger partial charge >= 0.3 is 5.97 Å². The molecule has 0 radical (unpaired) electrons. The lowest BCUT2D eigenvalue weighted by Crippen LogP contribution is -2.33. The molecule has 5 nitrogen and oxygen atoms in total. The molecule has 0 aliphatic rings. The highest BCUT2D eigenvalue weighted by molar-refractivity contribution is 7.99. The van der Waals surface area contributed by atoms with Crippen molar-refractivity contribution in [3.63, 3.8) is 0 Å². The molecular weight excluding hydrogens is 230 g/mol. The van der Waals surface area contributed by atoms with Gasteiger partial charge in [0.25, 0.3) is 0 Å². The molecule has 0 aliphatic heterocycles. The Morgan fingerprint density at radius 3 is 2.69 bits per heavy atom. The van der Waals surface area contributed by atoms with Crippen LogP contribution in [-0.4, -0.2) is 57.6 Å². The summed E-state index contributed by atoms with van der Waals surface area (Å²) in [6.45, 7) is 1.97. The zero-order valence-corrected chi connectivity index (χ0v) is 10.8. The number of rotatable bonds is 10. The summed E-state index contributed by atoms with van der Waals surface area (Å²) in [5.41, 5.74) is 5.57. The first-order chi connectivity index (χ1) is 7.72. The van der Waals surface area contributed by atoms with Crippen molar-refractivity contribution < 1.29 is 19.0 Å². The highest BCUT2D eigenvalue weighted by Gasteiger charge is 2.12. The van der Waals surface area contributed by atoms with E-state index in [-0.39, 0.29) is 5.97 Å². The summed E-state index contributed by atoms with van der Waals surface area (Å²) >= 11 is 1.63. The SMILES string of the molecule is COCCOCCCSCC(N)C(=O)OC. The molecule has 0 aromatic carbocycles. The molecule has 0 saturated carbocycles. The van der Waals surface area contributed by atoms with E-state index in [9.17, 15) is 4.79 Å². The Morgan fingerprint density at radius 1 is 1.31 bits per heavy atom. The smallest absolute Gasteiger partial charge is 0.323 e. The van der Waals surface area contributed by atoms with Crippen molar-refractivity contribution in [2.24, 2.45) is 5.73 Å². The molecule has 0 rings (SSSR count). The van der Waals surface area contributed by atoms with E-state index in [4.69, 9.17) is 15.2 Å². The van der Waals surface area contributed by atoms with Crippen molar-refractivity contribution in [3.05, 3.63) is 0 Å². The molecule has 6 heteroatoms. The minimum Gasteiger partial charge on any atom is -0.468 e. The van der Waals surface area contributed by atoms with Gasteiger partial charge in [-0.15, -0.1) is 0 Å². The predicted octanol–water partition coefficient (Wildman–Crippen LogP) is 0.273. The molecule has 0 heterocycles. The minimum atomic E-state index is -0.524. The van der Waals surface area contributed by atoms with Gasteiger partial charge < -0.3 is 19.9 Å². The maximum Gasteiger partial charge on any atom is 0.323 e. The maximum absolute atomic E-state index is 11.0. The van der Waals surface area contributed by atoms with Gasteiger partial charge in [-0.05, 0) is 12.2 Å². The summed E-state index contributed by atoms with van der Waals surface area (Å²) in [7, 11) is 2.99. The third-order valence-corrected chi connectivity index (χ3v) is 2.98. The molecule has 0 amide bonds. The van der Waals surface area contributed by atoms with Crippen LogP contribution in [0.2, 0.25) is 0 Å². The molecule has 2 N–H and O–H groups in total. The van der Waals surface area contributed by atoms with Crippen LogP contribution in [-0.2, 0) is 19.0 Å². The molecule has 0 aromatic heterocycles. The van der Waals surface area contributed by atoms with Crippen LogP contribution in [0.25, 0.3) is 0 Å². The van der Waals surface area contributed by atoms with E-state index in [0.717, 1.165) is 12.2 Å². The summed E-state index contributed by atoms with van der Waals surface area (Å²) in [5.74, 6) is 1.16. The number of ether oxygens (including phenoxy) is 3. The largest absolute Gasteiger partial charge is 0.468 e. The number of nitrogens with two attached hydrogens (primary N) is 1. The normalized spacial score (nSPS) is 12.4. The minimum absolute atomic E-state index is 0.358. The standard InChI is InChI=1S/C10H21NO4S/c1-13-5-6-15-4-3-7-16-8-9(11)10(12)14-2/h9H,3-8,11H2,1-2H3. The Morgan fingerprint density at radius 2 is 2.06 bits per heavy atom. The molecule has 16 heavy (non-hydrogen) atoms. The summed E-state index contributed by atoms with van der Waals surface area (Å²) in [5, 5.41) is 0. The second kappa shape index (κ2) is 11.2. The van der Waals surface area contributed by atoms with Gasteiger partial charge in [0.05, 0.1) is 20.3 Å². The van der Waals surface area contributed by atoms with Gasteiger partial charge in [-0.25, -0.2) is 0 Å². The topological polar surface area (TPSA) is 70.8 Å². The monoisotopic (exact) mass is 251 g/mol. The van der Waals surface area contributed by atoms with E-state index in [1.54, 1.807) is 18.9 Å².